The minimum Gasteiger partial charge on any atom is -0.490 e. The highest BCUT2D eigenvalue weighted by Crippen LogP contribution is 2.35. The summed E-state index contributed by atoms with van der Waals surface area (Å²) in [5.41, 5.74) is 0.00559. The average Bonchev–Trinajstić information content (AvgIpc) is 2.73. The average molecular weight is 852 g/mol. The largest absolute Gasteiger partial charge is 0.490 e. The number of hydrogen-bond acceptors (Lipinski definition) is 7. The zero-order valence-electron chi connectivity index (χ0n) is 21.2. The van der Waals surface area contributed by atoms with Crippen molar-refractivity contribution in [3.8, 4) is 17.2 Å². The molecule has 0 aliphatic carbocycles. The van der Waals surface area contributed by atoms with Crippen LogP contribution in [0.5, 0.6) is 17.2 Å². The Morgan fingerprint density at radius 2 is 1.68 bits per heavy atom. The van der Waals surface area contributed by atoms with Gasteiger partial charge in [-0.05, 0) is 139 Å². The van der Waals surface area contributed by atoms with Gasteiger partial charge in [0.25, 0.3) is 0 Å². The molecule has 0 spiro atoms. The van der Waals surface area contributed by atoms with Crippen LogP contribution in [-0.2, 0) is 16.0 Å². The van der Waals surface area contributed by atoms with Crippen LogP contribution in [0.2, 0.25) is 0 Å². The molecule has 0 aromatic heterocycles. The van der Waals surface area contributed by atoms with Gasteiger partial charge in [-0.15, -0.1) is 0 Å². The van der Waals surface area contributed by atoms with Gasteiger partial charge < -0.3 is 34.6 Å². The molecule has 1 amide bonds. The number of ether oxygens (including phenoxy) is 3. The van der Waals surface area contributed by atoms with Crippen LogP contribution in [0, 0.1) is 10.7 Å². The Balaban J connectivity index is 2.10. The molecule has 37 heavy (non-hydrogen) atoms. The minimum absolute atomic E-state index is 0.0878. The van der Waals surface area contributed by atoms with Crippen LogP contribution >= 0.6 is 67.8 Å². The van der Waals surface area contributed by atoms with Gasteiger partial charge in [0.2, 0.25) is 0 Å². The first kappa shape index (κ1) is 32.1. The van der Waals surface area contributed by atoms with Gasteiger partial charge in [-0.2, -0.15) is 0 Å². The summed E-state index contributed by atoms with van der Waals surface area (Å²) in [6.07, 6.45) is -1.29. The molecule has 2 atom stereocenters. The summed E-state index contributed by atoms with van der Waals surface area (Å²) in [6.45, 7) is 5.83. The molecule has 204 valence electrons. The van der Waals surface area contributed by atoms with E-state index in [0.29, 0.717) is 23.8 Å². The van der Waals surface area contributed by atoms with Crippen molar-refractivity contribution in [1.82, 2.24) is 10.2 Å². The number of amides is 1. The molecule has 3 N–H and O–H groups in total. The Morgan fingerprint density at radius 3 is 2.19 bits per heavy atom. The summed E-state index contributed by atoms with van der Waals surface area (Å²) in [6, 6.07) is 7.96. The smallest absolute Gasteiger partial charge is 0.408 e. The molecule has 0 heterocycles. The van der Waals surface area contributed by atoms with Crippen LogP contribution in [0.3, 0.4) is 0 Å². The molecule has 2 unspecified atom stereocenters. The van der Waals surface area contributed by atoms with Crippen molar-refractivity contribution in [2.24, 2.45) is 0 Å². The Labute approximate surface area is 258 Å². The van der Waals surface area contributed by atoms with Crippen LogP contribution in [-0.4, -0.2) is 72.2 Å². The lowest BCUT2D eigenvalue weighted by molar-refractivity contribution is -0.139. The van der Waals surface area contributed by atoms with Gasteiger partial charge in [0.1, 0.15) is 35.9 Å². The fourth-order valence-corrected chi connectivity index (χ4v) is 5.91. The lowest BCUT2D eigenvalue weighted by Crippen LogP contribution is -2.44. The minimum atomic E-state index is -1.15. The number of nitrogens with one attached hydrogen (secondary N) is 1. The number of carboxylic acids is 1. The van der Waals surface area contributed by atoms with Crippen LogP contribution < -0.4 is 14.8 Å². The molecular formula is C25H31I3N2O7. The number of benzene rings is 2. The van der Waals surface area contributed by atoms with Crippen LogP contribution in [0.15, 0.2) is 30.3 Å². The molecule has 9 nitrogen and oxygen atoms in total. The van der Waals surface area contributed by atoms with Crippen LogP contribution in [0.1, 0.15) is 26.3 Å². The lowest BCUT2D eigenvalue weighted by Gasteiger charge is -2.22. The molecule has 0 aliphatic heterocycles. The van der Waals surface area contributed by atoms with Gasteiger partial charge in [-0.1, -0.05) is 0 Å². The number of halogens is 3. The molecule has 2 aromatic carbocycles. The second-order valence-electron chi connectivity index (χ2n) is 9.55. The molecule has 0 radical (unpaired) electrons. The fourth-order valence-electron chi connectivity index (χ4n) is 3.15. The van der Waals surface area contributed by atoms with Crippen LogP contribution in [0.25, 0.3) is 0 Å². The standard InChI is InChI=1S/C25H31I3N2O7/c1-25(2,3)37-24(34)29-20(23(32)33)10-14-8-18(27)22(19(28)9-14)36-16-6-7-21(17(26)11-16)35-13-15(31)12-30(4)5/h6-9,11,15,20,31H,10,12-13H2,1-5H3,(H,29,34)(H,32,33). The summed E-state index contributed by atoms with van der Waals surface area (Å²) >= 11 is 6.45. The zero-order chi connectivity index (χ0) is 27.9. The SMILES string of the molecule is CN(C)CC(O)COc1ccc(Oc2c(I)cc(CC(NC(=O)OC(C)(C)C)C(=O)O)cc2I)cc1I. The van der Waals surface area contributed by atoms with Crippen molar-refractivity contribution in [1.29, 1.82) is 0 Å². The van der Waals surface area contributed by atoms with Crippen molar-refractivity contribution < 1.29 is 34.0 Å². The molecule has 0 saturated heterocycles. The topological polar surface area (TPSA) is 118 Å². The molecule has 0 aliphatic rings. The number of carboxylic acid groups (broad SMARTS) is 1. The van der Waals surface area contributed by atoms with Crippen molar-refractivity contribution in [3.63, 3.8) is 0 Å². The summed E-state index contributed by atoms with van der Waals surface area (Å²) < 4.78 is 19.5. The Bertz CT molecular complexity index is 1080. The Hall–Kier alpha value is -1.11. The van der Waals surface area contributed by atoms with E-state index in [1.807, 2.05) is 37.2 Å². The third-order valence-electron chi connectivity index (χ3n) is 4.62. The molecule has 0 fully saturated rings. The molecule has 2 aromatic rings. The lowest BCUT2D eigenvalue weighted by atomic mass is 10.1. The fraction of sp³-hybridized carbons (Fsp3) is 0.440. The van der Waals surface area contributed by atoms with E-state index in [-0.39, 0.29) is 13.0 Å². The van der Waals surface area contributed by atoms with Gasteiger partial charge in [0.15, 0.2) is 5.75 Å². The number of aliphatic hydroxyl groups excluding tert-OH is 1. The molecule has 2 rings (SSSR count). The van der Waals surface area contributed by atoms with E-state index in [0.717, 1.165) is 16.3 Å². The number of likely N-dealkylation sites (N-methyl/N-ethyl adjacent to an activating group) is 1. The van der Waals surface area contributed by atoms with Gasteiger partial charge in [0, 0.05) is 13.0 Å². The maximum absolute atomic E-state index is 12.1. The first-order valence-corrected chi connectivity index (χ1v) is 14.5. The van der Waals surface area contributed by atoms with E-state index in [2.05, 4.69) is 73.1 Å². The Kier molecular flexibility index (Phi) is 12.4. The molecule has 12 heteroatoms. The van der Waals surface area contributed by atoms with E-state index in [4.69, 9.17) is 14.2 Å². The number of nitrogens with zero attached hydrogens (tertiary/aromatic N) is 1. The highest BCUT2D eigenvalue weighted by molar-refractivity contribution is 14.1. The number of alkyl carbamates (subject to hydrolysis) is 1. The highest BCUT2D eigenvalue weighted by Gasteiger charge is 2.25. The van der Waals surface area contributed by atoms with Crippen molar-refractivity contribution in [2.45, 2.75) is 44.9 Å². The predicted octanol–water partition coefficient (Wildman–Crippen LogP) is 5.11. The molecule has 0 saturated carbocycles. The third-order valence-corrected chi connectivity index (χ3v) is 7.06. The second kappa shape index (κ2) is 14.3. The van der Waals surface area contributed by atoms with E-state index in [1.165, 1.54) is 0 Å². The normalized spacial score (nSPS) is 13.1. The maximum atomic E-state index is 12.1. The van der Waals surface area contributed by atoms with E-state index < -0.39 is 29.8 Å². The van der Waals surface area contributed by atoms with E-state index in [1.54, 1.807) is 32.9 Å². The summed E-state index contributed by atoms with van der Waals surface area (Å²) in [5.74, 6) is 0.761. The van der Waals surface area contributed by atoms with Gasteiger partial charge in [0.05, 0.1) is 10.7 Å². The van der Waals surface area contributed by atoms with Gasteiger partial charge in [-0.3, -0.25) is 0 Å². The second-order valence-corrected chi connectivity index (χ2v) is 13.0. The first-order valence-electron chi connectivity index (χ1n) is 11.3. The quantitative estimate of drug-likeness (QED) is 0.267. The van der Waals surface area contributed by atoms with E-state index >= 15 is 0 Å². The van der Waals surface area contributed by atoms with Crippen molar-refractivity contribution in [2.75, 3.05) is 27.2 Å². The number of hydrogen-bond donors (Lipinski definition) is 3. The summed E-state index contributed by atoms with van der Waals surface area (Å²) in [5, 5.41) is 22.0. The van der Waals surface area contributed by atoms with Crippen LogP contribution in [0.4, 0.5) is 4.79 Å². The number of carbonyl (C=O) groups excluding carboxylic acids is 1. The number of aliphatic hydroxyl groups is 1. The van der Waals surface area contributed by atoms with Crippen molar-refractivity contribution >= 4 is 79.8 Å². The first-order chi connectivity index (χ1) is 17.1. The summed E-state index contributed by atoms with van der Waals surface area (Å²) in [4.78, 5) is 25.7. The van der Waals surface area contributed by atoms with E-state index in [9.17, 15) is 19.8 Å². The van der Waals surface area contributed by atoms with Crippen molar-refractivity contribution in [3.05, 3.63) is 46.6 Å². The predicted molar refractivity (Wildman–Crippen MR) is 166 cm³/mol. The number of aliphatic carboxylic acids is 1. The molecular weight excluding hydrogens is 821 g/mol. The Morgan fingerprint density at radius 1 is 1.05 bits per heavy atom. The molecule has 0 bridgehead atoms. The number of carbonyl (C=O) groups is 2. The number of rotatable bonds is 11. The van der Waals surface area contributed by atoms with Gasteiger partial charge in [-0.25, -0.2) is 9.59 Å². The zero-order valence-corrected chi connectivity index (χ0v) is 27.7. The maximum Gasteiger partial charge on any atom is 0.408 e. The van der Waals surface area contributed by atoms with Gasteiger partial charge >= 0.3 is 12.1 Å². The third kappa shape index (κ3) is 11.3. The summed E-state index contributed by atoms with van der Waals surface area (Å²) in [7, 11) is 3.78. The monoisotopic (exact) mass is 852 g/mol. The highest BCUT2D eigenvalue weighted by atomic mass is 127.